The van der Waals surface area contributed by atoms with Gasteiger partial charge < -0.3 is 10.6 Å². The molecule has 2 aliphatic heterocycles. The number of nitrogens with two attached hydrogens (primary N) is 1. The van der Waals surface area contributed by atoms with Gasteiger partial charge in [0, 0.05) is 18.4 Å². The maximum absolute atomic E-state index is 14.3. The number of amides is 3. The monoisotopic (exact) mass is 400 g/mol. The second kappa shape index (κ2) is 6.23. The van der Waals surface area contributed by atoms with Gasteiger partial charge in [-0.05, 0) is 12.8 Å². The van der Waals surface area contributed by atoms with Crippen LogP contribution in [-0.2, 0) is 24.3 Å². The first-order chi connectivity index (χ1) is 12.0. The number of hydroxylamine groups is 3. The number of halogens is 2. The average molecular weight is 400 g/mol. The quantitative estimate of drug-likeness (QED) is 0.364. The number of rotatable bonds is 7. The first-order valence-corrected chi connectivity index (χ1v) is 9.11. The molecule has 2 atom stereocenters. The number of carbonyl (C=O) groups is 2. The maximum Gasteiger partial charge on any atom is 0.418 e. The third-order valence-corrected chi connectivity index (χ3v) is 5.18. The molecule has 0 aromatic heterocycles. The highest BCUT2D eigenvalue weighted by atomic mass is 32.3. The van der Waals surface area contributed by atoms with Crippen LogP contribution in [0.4, 0.5) is 13.6 Å². The van der Waals surface area contributed by atoms with E-state index in [-0.39, 0.29) is 17.1 Å². The molecule has 148 valence electrons. The van der Waals surface area contributed by atoms with Gasteiger partial charge in [0.1, 0.15) is 12.1 Å². The van der Waals surface area contributed by atoms with Crippen molar-refractivity contribution in [1.29, 1.82) is 0 Å². The van der Waals surface area contributed by atoms with Crippen LogP contribution in [0.2, 0.25) is 0 Å². The Labute approximate surface area is 147 Å². The fourth-order valence-corrected chi connectivity index (χ4v) is 3.37. The number of hydrogen-bond acceptors (Lipinski definition) is 7. The van der Waals surface area contributed by atoms with Crippen LogP contribution in [0.5, 0.6) is 0 Å². The van der Waals surface area contributed by atoms with Gasteiger partial charge in [0.05, 0.1) is 13.2 Å². The van der Waals surface area contributed by atoms with E-state index >= 15 is 0 Å². The summed E-state index contributed by atoms with van der Waals surface area (Å²) in [5.74, 6) is -4.59. The molecular weight excluding hydrogens is 382 g/mol. The Morgan fingerprint density at radius 2 is 2.08 bits per heavy atom. The molecule has 2 saturated heterocycles. The molecule has 0 aromatic carbocycles. The Morgan fingerprint density at radius 1 is 1.42 bits per heavy atom. The summed E-state index contributed by atoms with van der Waals surface area (Å²) in [7, 11) is -5.19. The van der Waals surface area contributed by atoms with Crippen molar-refractivity contribution in [2.75, 3.05) is 19.7 Å². The third kappa shape index (κ3) is 3.59. The number of hydrogen-bond donors (Lipinski definition) is 3. The van der Waals surface area contributed by atoms with Gasteiger partial charge in [-0.3, -0.25) is 14.2 Å². The SMILES string of the molecule is NCC1(CONC(=O)C2CC(F)(F)C3CN2C(=O)N3OS(=O)(=O)O)CC1. The predicted molar refractivity (Wildman–Crippen MR) is 78.5 cm³/mol. The van der Waals surface area contributed by atoms with Crippen LogP contribution in [0.15, 0.2) is 0 Å². The second-order valence-corrected chi connectivity index (χ2v) is 7.72. The summed E-state index contributed by atoms with van der Waals surface area (Å²) in [6, 6.07) is -4.81. The number of nitrogens with one attached hydrogen (secondary N) is 1. The minimum Gasteiger partial charge on any atom is -0.330 e. The molecule has 11 nitrogen and oxygen atoms in total. The van der Waals surface area contributed by atoms with Gasteiger partial charge in [-0.25, -0.2) is 19.1 Å². The summed E-state index contributed by atoms with van der Waals surface area (Å²) in [5, 5.41) is -0.128. The van der Waals surface area contributed by atoms with Gasteiger partial charge in [-0.1, -0.05) is 0 Å². The van der Waals surface area contributed by atoms with Crippen molar-refractivity contribution in [3.05, 3.63) is 0 Å². The van der Waals surface area contributed by atoms with Gasteiger partial charge >= 0.3 is 16.4 Å². The number of piperidine rings is 1. The lowest BCUT2D eigenvalue weighted by Crippen LogP contribution is -2.56. The van der Waals surface area contributed by atoms with E-state index in [0.29, 0.717) is 6.54 Å². The summed E-state index contributed by atoms with van der Waals surface area (Å²) in [4.78, 5) is 30.1. The lowest BCUT2D eigenvalue weighted by molar-refractivity contribution is -0.160. The van der Waals surface area contributed by atoms with E-state index < -0.39 is 53.3 Å². The minimum absolute atomic E-state index is 0.118. The first-order valence-electron chi connectivity index (χ1n) is 7.74. The van der Waals surface area contributed by atoms with Gasteiger partial charge in [0.15, 0.2) is 0 Å². The lowest BCUT2D eigenvalue weighted by Gasteiger charge is -2.34. The third-order valence-electron chi connectivity index (χ3n) is 4.83. The molecular formula is C12H18F2N4O7S. The summed E-state index contributed by atoms with van der Waals surface area (Å²) < 4.78 is 62.7. The Bertz CT molecular complexity index is 714. The van der Waals surface area contributed by atoms with Crippen molar-refractivity contribution in [2.45, 2.75) is 37.3 Å². The van der Waals surface area contributed by atoms with Crippen molar-refractivity contribution in [1.82, 2.24) is 15.4 Å². The Hall–Kier alpha value is -1.61. The molecule has 0 aromatic rings. The zero-order valence-electron chi connectivity index (χ0n) is 13.4. The first kappa shape index (κ1) is 19.2. The number of nitrogens with zero attached hydrogens (tertiary/aromatic N) is 2. The molecule has 14 heteroatoms. The van der Waals surface area contributed by atoms with Gasteiger partial charge in [0.2, 0.25) is 0 Å². The number of carbonyl (C=O) groups excluding carboxylic acids is 2. The molecule has 1 aliphatic carbocycles. The van der Waals surface area contributed by atoms with Crippen LogP contribution in [0.25, 0.3) is 0 Å². The van der Waals surface area contributed by atoms with Crippen molar-refractivity contribution < 1.29 is 40.5 Å². The maximum atomic E-state index is 14.3. The van der Waals surface area contributed by atoms with Crippen molar-refractivity contribution in [3.8, 4) is 0 Å². The molecule has 3 rings (SSSR count). The van der Waals surface area contributed by atoms with Gasteiger partial charge in [0.25, 0.3) is 11.8 Å². The Morgan fingerprint density at radius 3 is 2.62 bits per heavy atom. The second-order valence-electron chi connectivity index (χ2n) is 6.72. The summed E-state index contributed by atoms with van der Waals surface area (Å²) >= 11 is 0. The summed E-state index contributed by atoms with van der Waals surface area (Å²) in [6.45, 7) is -0.169. The topological polar surface area (TPSA) is 151 Å². The fraction of sp³-hybridized carbons (Fsp3) is 0.833. The molecule has 1 saturated carbocycles. The van der Waals surface area contributed by atoms with E-state index in [1.807, 2.05) is 5.48 Å². The molecule has 3 aliphatic rings. The summed E-state index contributed by atoms with van der Waals surface area (Å²) in [5.41, 5.74) is 7.38. The zero-order chi connectivity index (χ0) is 19.3. The van der Waals surface area contributed by atoms with E-state index in [9.17, 15) is 26.8 Å². The largest absolute Gasteiger partial charge is 0.418 e. The zero-order valence-corrected chi connectivity index (χ0v) is 14.2. The molecule has 0 spiro atoms. The number of fused-ring (bicyclic) bond motifs is 2. The van der Waals surface area contributed by atoms with Crippen molar-refractivity contribution in [2.24, 2.45) is 11.1 Å². The molecule has 2 unspecified atom stereocenters. The standard InChI is InChI=1S/C12H18F2N4O7S/c13-12(14)3-7(9(19)16-24-6-11(5-15)1-2-11)17-4-8(12)18(10(17)20)25-26(21,22)23/h7-8H,1-6,15H2,(H,16,19)(H,21,22,23). The van der Waals surface area contributed by atoms with E-state index in [0.717, 1.165) is 17.7 Å². The lowest BCUT2D eigenvalue weighted by atomic mass is 9.96. The van der Waals surface area contributed by atoms with Gasteiger partial charge in [-0.15, -0.1) is 4.28 Å². The normalized spacial score (nSPS) is 29.0. The van der Waals surface area contributed by atoms with Gasteiger partial charge in [-0.2, -0.15) is 13.5 Å². The minimum atomic E-state index is -5.19. The average Bonchev–Trinajstić information content (AvgIpc) is 3.25. The number of alkyl halides is 2. The molecule has 0 radical (unpaired) electrons. The summed E-state index contributed by atoms with van der Waals surface area (Å²) in [6.07, 6.45) is 0.607. The Balaban J connectivity index is 1.68. The van der Waals surface area contributed by atoms with Crippen LogP contribution < -0.4 is 11.2 Å². The molecule has 2 bridgehead atoms. The highest BCUT2D eigenvalue weighted by Gasteiger charge is 2.62. The van der Waals surface area contributed by atoms with E-state index in [1.54, 1.807) is 0 Å². The number of urea groups is 1. The highest BCUT2D eigenvalue weighted by molar-refractivity contribution is 7.80. The van der Waals surface area contributed by atoms with Crippen LogP contribution >= 0.6 is 0 Å². The highest BCUT2D eigenvalue weighted by Crippen LogP contribution is 2.44. The van der Waals surface area contributed by atoms with Crippen LogP contribution in [0.1, 0.15) is 19.3 Å². The van der Waals surface area contributed by atoms with Crippen LogP contribution in [0, 0.1) is 5.41 Å². The molecule has 2 heterocycles. The molecule has 3 amide bonds. The van der Waals surface area contributed by atoms with E-state index in [2.05, 4.69) is 4.28 Å². The Kier molecular flexibility index (Phi) is 4.59. The molecule has 4 N–H and O–H groups in total. The molecule has 3 fully saturated rings. The van der Waals surface area contributed by atoms with E-state index in [1.165, 1.54) is 0 Å². The van der Waals surface area contributed by atoms with Crippen LogP contribution in [0.3, 0.4) is 0 Å². The van der Waals surface area contributed by atoms with Crippen molar-refractivity contribution >= 4 is 22.3 Å². The van der Waals surface area contributed by atoms with E-state index in [4.69, 9.17) is 15.1 Å². The predicted octanol–water partition coefficient (Wildman–Crippen LogP) is -0.979. The van der Waals surface area contributed by atoms with Crippen molar-refractivity contribution in [3.63, 3.8) is 0 Å². The fourth-order valence-electron chi connectivity index (χ4n) is 3.00. The van der Waals surface area contributed by atoms with Crippen LogP contribution in [-0.4, -0.2) is 72.6 Å². The molecule has 26 heavy (non-hydrogen) atoms. The smallest absolute Gasteiger partial charge is 0.330 e.